The molecule has 132 valence electrons. The molecule has 0 aliphatic rings. The molecule has 0 fully saturated rings. The molecular weight excluding hydrogens is 374 g/mol. The second-order valence-corrected chi connectivity index (χ2v) is 6.54. The van der Waals surface area contributed by atoms with Crippen LogP contribution in [0.3, 0.4) is 0 Å². The summed E-state index contributed by atoms with van der Waals surface area (Å²) >= 11 is 7.19. The molecule has 2 amide bonds. The maximum absolute atomic E-state index is 12.5. The van der Waals surface area contributed by atoms with Crippen molar-refractivity contribution in [3.05, 3.63) is 64.5 Å². The first-order chi connectivity index (χ1) is 12.5. The highest BCUT2D eigenvalue weighted by Gasteiger charge is 2.15. The number of rotatable bonds is 6. The van der Waals surface area contributed by atoms with Gasteiger partial charge in [0.15, 0.2) is 11.7 Å². The molecule has 3 N–H and O–H groups in total. The molecule has 0 aliphatic heterocycles. The Balaban J connectivity index is 1.75. The van der Waals surface area contributed by atoms with Crippen molar-refractivity contribution in [1.82, 2.24) is 4.98 Å². The van der Waals surface area contributed by atoms with Gasteiger partial charge in [0.25, 0.3) is 11.8 Å². The molecule has 8 heteroatoms. The van der Waals surface area contributed by atoms with Gasteiger partial charge in [0, 0.05) is 16.0 Å². The monoisotopic (exact) mass is 387 g/mol. The normalized spacial score (nSPS) is 10.3. The summed E-state index contributed by atoms with van der Waals surface area (Å²) in [5, 5.41) is 5.67. The molecule has 0 radical (unpaired) electrons. The molecular formula is C18H14ClN3O3S. The van der Waals surface area contributed by atoms with Crippen LogP contribution in [0.4, 0.5) is 5.13 Å². The second-order valence-electron chi connectivity index (χ2n) is 5.25. The maximum atomic E-state index is 12.5. The van der Waals surface area contributed by atoms with Gasteiger partial charge in [0.05, 0.1) is 11.3 Å². The van der Waals surface area contributed by atoms with Crippen LogP contribution in [0.5, 0.6) is 5.75 Å². The van der Waals surface area contributed by atoms with E-state index in [0.717, 1.165) is 11.3 Å². The van der Waals surface area contributed by atoms with Crippen molar-refractivity contribution >= 4 is 39.9 Å². The predicted molar refractivity (Wildman–Crippen MR) is 102 cm³/mol. The van der Waals surface area contributed by atoms with E-state index >= 15 is 0 Å². The van der Waals surface area contributed by atoms with Crippen molar-refractivity contribution in [2.75, 3.05) is 11.9 Å². The molecule has 3 rings (SSSR count). The number of amides is 2. The molecule has 26 heavy (non-hydrogen) atoms. The van der Waals surface area contributed by atoms with Crippen LogP contribution < -0.4 is 15.8 Å². The van der Waals surface area contributed by atoms with E-state index in [1.165, 1.54) is 11.3 Å². The van der Waals surface area contributed by atoms with Gasteiger partial charge in [-0.1, -0.05) is 35.9 Å². The summed E-state index contributed by atoms with van der Waals surface area (Å²) in [6, 6.07) is 13.9. The standard InChI is InChI=1S/C18H14ClN3O3S/c19-12-7-5-11(6-8-12)14-10-26-18(21-14)22-17(24)13-3-1-2-4-15(13)25-9-16(20)23/h1-8,10H,9H2,(H2,20,23)(H,21,22,24). The van der Waals surface area contributed by atoms with Crippen LogP contribution in [0.15, 0.2) is 53.9 Å². The summed E-state index contributed by atoms with van der Waals surface area (Å²) in [5.41, 5.74) is 7.00. The van der Waals surface area contributed by atoms with Crippen LogP contribution in [0.25, 0.3) is 11.3 Å². The van der Waals surface area contributed by atoms with E-state index < -0.39 is 5.91 Å². The van der Waals surface area contributed by atoms with E-state index in [1.54, 1.807) is 36.4 Å². The highest BCUT2D eigenvalue weighted by Crippen LogP contribution is 2.27. The molecule has 3 aromatic rings. The highest BCUT2D eigenvalue weighted by atomic mass is 35.5. The molecule has 1 aromatic heterocycles. The molecule has 0 unspecified atom stereocenters. The quantitative estimate of drug-likeness (QED) is 0.675. The number of hydrogen-bond donors (Lipinski definition) is 2. The molecule has 0 aliphatic carbocycles. The van der Waals surface area contributed by atoms with Crippen LogP contribution in [-0.2, 0) is 4.79 Å². The summed E-state index contributed by atoms with van der Waals surface area (Å²) < 4.78 is 5.28. The Kier molecular flexibility index (Phi) is 5.50. The zero-order valence-electron chi connectivity index (χ0n) is 13.4. The average Bonchev–Trinajstić information content (AvgIpc) is 3.09. The van der Waals surface area contributed by atoms with Gasteiger partial charge in [0.2, 0.25) is 0 Å². The minimum atomic E-state index is -0.618. The van der Waals surface area contributed by atoms with Gasteiger partial charge in [0.1, 0.15) is 5.75 Å². The van der Waals surface area contributed by atoms with Crippen molar-refractivity contribution < 1.29 is 14.3 Å². The lowest BCUT2D eigenvalue weighted by Gasteiger charge is -2.09. The van der Waals surface area contributed by atoms with E-state index in [2.05, 4.69) is 10.3 Å². The highest BCUT2D eigenvalue weighted by molar-refractivity contribution is 7.14. The number of nitrogens with zero attached hydrogens (tertiary/aromatic N) is 1. The summed E-state index contributed by atoms with van der Waals surface area (Å²) in [5.74, 6) is -0.729. The number of para-hydroxylation sites is 1. The molecule has 0 atom stereocenters. The van der Waals surface area contributed by atoms with Crippen molar-refractivity contribution in [2.24, 2.45) is 5.73 Å². The van der Waals surface area contributed by atoms with Crippen LogP contribution >= 0.6 is 22.9 Å². The van der Waals surface area contributed by atoms with Gasteiger partial charge < -0.3 is 10.5 Å². The summed E-state index contributed by atoms with van der Waals surface area (Å²) in [6.07, 6.45) is 0. The average molecular weight is 388 g/mol. The Labute approximate surface area is 158 Å². The lowest BCUT2D eigenvalue weighted by Crippen LogP contribution is -2.21. The first-order valence-corrected chi connectivity index (χ1v) is 8.81. The molecule has 2 aromatic carbocycles. The maximum Gasteiger partial charge on any atom is 0.261 e. The van der Waals surface area contributed by atoms with Crippen molar-refractivity contribution in [1.29, 1.82) is 0 Å². The Morgan fingerprint density at radius 1 is 1.15 bits per heavy atom. The third-order valence-corrected chi connectivity index (χ3v) is 4.38. The van der Waals surface area contributed by atoms with Crippen molar-refractivity contribution in [2.45, 2.75) is 0 Å². The summed E-state index contributed by atoms with van der Waals surface area (Å²) in [4.78, 5) is 27.8. The summed E-state index contributed by atoms with van der Waals surface area (Å²) in [6.45, 7) is -0.303. The van der Waals surface area contributed by atoms with Crippen molar-refractivity contribution in [3.63, 3.8) is 0 Å². The number of nitrogens with one attached hydrogen (secondary N) is 1. The number of carbonyl (C=O) groups excluding carboxylic acids is 2. The number of nitrogens with two attached hydrogens (primary N) is 1. The fourth-order valence-electron chi connectivity index (χ4n) is 2.18. The molecule has 0 spiro atoms. The molecule has 1 heterocycles. The topological polar surface area (TPSA) is 94.3 Å². The fraction of sp³-hybridized carbons (Fsp3) is 0.0556. The van der Waals surface area contributed by atoms with Crippen LogP contribution in [-0.4, -0.2) is 23.4 Å². The lowest BCUT2D eigenvalue weighted by molar-refractivity contribution is -0.119. The SMILES string of the molecule is NC(=O)COc1ccccc1C(=O)Nc1nc(-c2ccc(Cl)cc2)cs1. The number of thiazole rings is 1. The van der Waals surface area contributed by atoms with Gasteiger partial charge in [-0.15, -0.1) is 11.3 Å². The Bertz CT molecular complexity index is 941. The molecule has 6 nitrogen and oxygen atoms in total. The predicted octanol–water partition coefficient (Wildman–Crippen LogP) is 3.58. The van der Waals surface area contributed by atoms with E-state index in [-0.39, 0.29) is 23.8 Å². The lowest BCUT2D eigenvalue weighted by atomic mass is 10.2. The van der Waals surface area contributed by atoms with Crippen LogP contribution in [0, 0.1) is 0 Å². The molecule has 0 saturated heterocycles. The number of anilines is 1. The van der Waals surface area contributed by atoms with E-state index in [1.807, 2.05) is 17.5 Å². The number of aromatic nitrogens is 1. The third kappa shape index (κ3) is 4.38. The number of benzene rings is 2. The van der Waals surface area contributed by atoms with Gasteiger partial charge in [-0.25, -0.2) is 4.98 Å². The van der Waals surface area contributed by atoms with Gasteiger partial charge in [-0.2, -0.15) is 0 Å². The zero-order valence-corrected chi connectivity index (χ0v) is 15.0. The minimum absolute atomic E-state index is 0.276. The smallest absolute Gasteiger partial charge is 0.261 e. The number of carbonyl (C=O) groups is 2. The Morgan fingerprint density at radius 2 is 1.88 bits per heavy atom. The first-order valence-electron chi connectivity index (χ1n) is 7.56. The minimum Gasteiger partial charge on any atom is -0.483 e. The number of hydrogen-bond acceptors (Lipinski definition) is 5. The largest absolute Gasteiger partial charge is 0.483 e. The Hall–Kier alpha value is -2.90. The van der Waals surface area contributed by atoms with Gasteiger partial charge in [-0.3, -0.25) is 14.9 Å². The second kappa shape index (κ2) is 7.99. The van der Waals surface area contributed by atoms with Crippen molar-refractivity contribution in [3.8, 4) is 17.0 Å². The molecule has 0 saturated carbocycles. The van der Waals surface area contributed by atoms with Gasteiger partial charge in [-0.05, 0) is 24.3 Å². The van der Waals surface area contributed by atoms with E-state index in [0.29, 0.717) is 10.2 Å². The first kappa shape index (κ1) is 17.9. The van der Waals surface area contributed by atoms with Crippen LogP contribution in [0.2, 0.25) is 5.02 Å². The van der Waals surface area contributed by atoms with E-state index in [9.17, 15) is 9.59 Å². The molecule has 0 bridgehead atoms. The Morgan fingerprint density at radius 3 is 2.62 bits per heavy atom. The number of ether oxygens (including phenoxy) is 1. The number of primary amides is 1. The van der Waals surface area contributed by atoms with Gasteiger partial charge >= 0.3 is 0 Å². The van der Waals surface area contributed by atoms with E-state index in [4.69, 9.17) is 22.1 Å². The summed E-state index contributed by atoms with van der Waals surface area (Å²) in [7, 11) is 0. The fourth-order valence-corrected chi connectivity index (χ4v) is 3.02. The van der Waals surface area contributed by atoms with Crippen LogP contribution in [0.1, 0.15) is 10.4 Å². The zero-order chi connectivity index (χ0) is 18.5. The number of halogens is 1. The third-order valence-electron chi connectivity index (χ3n) is 3.37.